The minimum Gasteiger partial charge on any atom is -0.316 e. The van der Waals surface area contributed by atoms with Gasteiger partial charge in [0.1, 0.15) is 5.52 Å². The zero-order valence-electron chi connectivity index (χ0n) is 14.4. The van der Waals surface area contributed by atoms with Gasteiger partial charge in [0.25, 0.3) is 5.56 Å². The van der Waals surface area contributed by atoms with Gasteiger partial charge in [-0.05, 0) is 36.8 Å². The Hall–Kier alpha value is -3.58. The third-order valence-electron chi connectivity index (χ3n) is 4.29. The molecule has 0 aliphatic carbocycles. The molecule has 126 valence electrons. The van der Waals surface area contributed by atoms with E-state index in [-0.39, 0.29) is 5.56 Å². The number of pyridine rings is 1. The van der Waals surface area contributed by atoms with Crippen LogP contribution < -0.4 is 5.56 Å². The standard InChI is InChI=1S/C22H17N3O/c1-2-19-16-24-15-12-18(9-8-17-10-13-23-14-11-17)21(24)22(26)25(19)20-6-4-3-5-7-20/h3-7,10-16H,2H2,1H3. The van der Waals surface area contributed by atoms with Crippen LogP contribution in [-0.2, 0) is 6.42 Å². The van der Waals surface area contributed by atoms with Gasteiger partial charge in [0, 0.05) is 41.7 Å². The maximum atomic E-state index is 13.3. The van der Waals surface area contributed by atoms with Gasteiger partial charge in [-0.3, -0.25) is 14.3 Å². The zero-order chi connectivity index (χ0) is 17.9. The van der Waals surface area contributed by atoms with Crippen LogP contribution in [0.3, 0.4) is 0 Å². The van der Waals surface area contributed by atoms with E-state index >= 15 is 0 Å². The van der Waals surface area contributed by atoms with Crippen molar-refractivity contribution in [1.29, 1.82) is 0 Å². The molecule has 3 aromatic heterocycles. The molecule has 0 saturated heterocycles. The van der Waals surface area contributed by atoms with Crippen LogP contribution in [0.2, 0.25) is 0 Å². The Morgan fingerprint density at radius 3 is 2.50 bits per heavy atom. The van der Waals surface area contributed by atoms with Crippen molar-refractivity contribution in [3.05, 3.63) is 100 Å². The monoisotopic (exact) mass is 339 g/mol. The average molecular weight is 339 g/mol. The first-order valence-corrected chi connectivity index (χ1v) is 8.51. The summed E-state index contributed by atoms with van der Waals surface area (Å²) in [5, 5.41) is 0. The van der Waals surface area contributed by atoms with E-state index in [9.17, 15) is 4.79 Å². The summed E-state index contributed by atoms with van der Waals surface area (Å²) in [6.07, 6.45) is 8.06. The first-order valence-electron chi connectivity index (χ1n) is 8.51. The molecule has 4 aromatic rings. The molecule has 0 radical (unpaired) electrons. The number of rotatable bonds is 2. The van der Waals surface area contributed by atoms with Crippen molar-refractivity contribution in [1.82, 2.24) is 14.0 Å². The van der Waals surface area contributed by atoms with Gasteiger partial charge in [-0.2, -0.15) is 0 Å². The second-order valence-corrected chi connectivity index (χ2v) is 5.92. The molecule has 4 nitrogen and oxygen atoms in total. The molecule has 3 heterocycles. The topological polar surface area (TPSA) is 39.3 Å². The summed E-state index contributed by atoms with van der Waals surface area (Å²) >= 11 is 0. The van der Waals surface area contributed by atoms with Gasteiger partial charge in [0.2, 0.25) is 0 Å². The number of para-hydroxylation sites is 1. The molecule has 26 heavy (non-hydrogen) atoms. The molecular weight excluding hydrogens is 322 g/mol. The molecule has 0 N–H and O–H groups in total. The fraction of sp³-hybridized carbons (Fsp3) is 0.0909. The molecule has 0 fully saturated rings. The molecule has 0 aliphatic heterocycles. The Bertz CT molecular complexity index is 1180. The van der Waals surface area contributed by atoms with Crippen molar-refractivity contribution in [2.45, 2.75) is 13.3 Å². The maximum Gasteiger partial charge on any atom is 0.280 e. The molecule has 0 amide bonds. The average Bonchev–Trinajstić information content (AvgIpc) is 3.11. The molecule has 0 aliphatic rings. The Kier molecular flexibility index (Phi) is 4.12. The largest absolute Gasteiger partial charge is 0.316 e. The van der Waals surface area contributed by atoms with E-state index in [1.807, 2.05) is 72.2 Å². The van der Waals surface area contributed by atoms with Crippen LogP contribution in [0.25, 0.3) is 11.2 Å². The second-order valence-electron chi connectivity index (χ2n) is 5.92. The van der Waals surface area contributed by atoms with Crippen LogP contribution in [0.1, 0.15) is 23.7 Å². The van der Waals surface area contributed by atoms with E-state index < -0.39 is 0 Å². The van der Waals surface area contributed by atoms with E-state index in [1.165, 1.54) is 0 Å². The summed E-state index contributed by atoms with van der Waals surface area (Å²) in [4.78, 5) is 17.3. The smallest absolute Gasteiger partial charge is 0.280 e. The molecular formula is C22H17N3O. The van der Waals surface area contributed by atoms with Crippen LogP contribution >= 0.6 is 0 Å². The van der Waals surface area contributed by atoms with Crippen LogP contribution in [-0.4, -0.2) is 14.0 Å². The van der Waals surface area contributed by atoms with Crippen LogP contribution in [0, 0.1) is 11.8 Å². The highest BCUT2D eigenvalue weighted by Crippen LogP contribution is 2.14. The van der Waals surface area contributed by atoms with Gasteiger partial charge in [-0.15, -0.1) is 0 Å². The molecule has 0 spiro atoms. The van der Waals surface area contributed by atoms with Crippen molar-refractivity contribution in [2.75, 3.05) is 0 Å². The van der Waals surface area contributed by atoms with Crippen LogP contribution in [0.15, 0.2) is 78.1 Å². The Labute approximate surface area is 151 Å². The lowest BCUT2D eigenvalue weighted by Gasteiger charge is -2.13. The first kappa shape index (κ1) is 15.9. The van der Waals surface area contributed by atoms with Crippen LogP contribution in [0.5, 0.6) is 0 Å². The highest BCUT2D eigenvalue weighted by molar-refractivity contribution is 5.64. The quantitative estimate of drug-likeness (QED) is 0.525. The number of nitrogens with zero attached hydrogens (tertiary/aromatic N) is 3. The number of hydrogen-bond acceptors (Lipinski definition) is 2. The minimum absolute atomic E-state index is 0.0559. The fourth-order valence-corrected chi connectivity index (χ4v) is 3.02. The number of aryl methyl sites for hydroxylation is 1. The van der Waals surface area contributed by atoms with Gasteiger partial charge >= 0.3 is 0 Å². The fourth-order valence-electron chi connectivity index (χ4n) is 3.02. The summed E-state index contributed by atoms with van der Waals surface area (Å²) in [6.45, 7) is 2.05. The zero-order valence-corrected chi connectivity index (χ0v) is 14.4. The van der Waals surface area contributed by atoms with Gasteiger partial charge in [-0.1, -0.05) is 37.0 Å². The second kappa shape index (κ2) is 6.73. The maximum absolute atomic E-state index is 13.3. The minimum atomic E-state index is -0.0559. The first-order chi connectivity index (χ1) is 12.8. The third kappa shape index (κ3) is 2.80. The Balaban J connectivity index is 1.93. The molecule has 0 saturated carbocycles. The molecule has 4 heteroatoms. The Morgan fingerprint density at radius 1 is 1.00 bits per heavy atom. The highest BCUT2D eigenvalue weighted by atomic mass is 16.1. The van der Waals surface area contributed by atoms with E-state index in [4.69, 9.17) is 0 Å². The van der Waals surface area contributed by atoms with Crippen molar-refractivity contribution in [3.63, 3.8) is 0 Å². The molecule has 4 rings (SSSR count). The predicted molar refractivity (Wildman–Crippen MR) is 103 cm³/mol. The highest BCUT2D eigenvalue weighted by Gasteiger charge is 2.13. The molecule has 0 bridgehead atoms. The van der Waals surface area contributed by atoms with Gasteiger partial charge in [0.15, 0.2) is 0 Å². The van der Waals surface area contributed by atoms with E-state index in [2.05, 4.69) is 16.8 Å². The lowest BCUT2D eigenvalue weighted by Crippen LogP contribution is -2.24. The Morgan fingerprint density at radius 2 is 1.77 bits per heavy atom. The number of hydrogen-bond donors (Lipinski definition) is 0. The summed E-state index contributed by atoms with van der Waals surface area (Å²) in [6, 6.07) is 15.3. The molecule has 0 atom stereocenters. The van der Waals surface area contributed by atoms with Crippen LogP contribution in [0.4, 0.5) is 0 Å². The number of benzene rings is 1. The van der Waals surface area contributed by atoms with Gasteiger partial charge < -0.3 is 4.40 Å². The SMILES string of the molecule is CCc1cn2ccc(C#Cc3ccncc3)c2c(=O)n1-c1ccccc1. The van der Waals surface area contributed by atoms with E-state index in [1.54, 1.807) is 17.0 Å². The van der Waals surface area contributed by atoms with E-state index in [0.717, 1.165) is 28.9 Å². The van der Waals surface area contributed by atoms with Crippen molar-refractivity contribution in [2.24, 2.45) is 0 Å². The third-order valence-corrected chi connectivity index (χ3v) is 4.29. The van der Waals surface area contributed by atoms with E-state index in [0.29, 0.717) is 5.52 Å². The summed E-state index contributed by atoms with van der Waals surface area (Å²) in [5.41, 5.74) is 3.95. The molecule has 0 unspecified atom stereocenters. The lowest BCUT2D eigenvalue weighted by atomic mass is 10.2. The number of aromatic nitrogens is 3. The van der Waals surface area contributed by atoms with Crippen molar-refractivity contribution < 1.29 is 0 Å². The predicted octanol–water partition coefficient (Wildman–Crippen LogP) is 3.45. The van der Waals surface area contributed by atoms with Crippen molar-refractivity contribution >= 4 is 5.52 Å². The summed E-state index contributed by atoms with van der Waals surface area (Å²) in [5.74, 6) is 6.23. The van der Waals surface area contributed by atoms with Gasteiger partial charge in [-0.25, -0.2) is 0 Å². The van der Waals surface area contributed by atoms with Crippen molar-refractivity contribution in [3.8, 4) is 17.5 Å². The summed E-state index contributed by atoms with van der Waals surface area (Å²) < 4.78 is 3.64. The normalized spacial score (nSPS) is 10.5. The molecule has 1 aromatic carbocycles. The number of fused-ring (bicyclic) bond motifs is 1. The van der Waals surface area contributed by atoms with Gasteiger partial charge in [0.05, 0.1) is 5.56 Å². The lowest BCUT2D eigenvalue weighted by molar-refractivity contribution is 0.852. The summed E-state index contributed by atoms with van der Waals surface area (Å²) in [7, 11) is 0.